The monoisotopic (exact) mass is 254 g/mol. The van der Waals surface area contributed by atoms with E-state index in [1.54, 1.807) is 0 Å². The molecule has 0 bridgehead atoms. The van der Waals surface area contributed by atoms with E-state index in [0.29, 0.717) is 19.8 Å². The maximum atomic E-state index is 12.3. The topological polar surface area (TPSA) is 41.6 Å². The van der Waals surface area contributed by atoms with Gasteiger partial charge in [0, 0.05) is 6.54 Å². The standard InChI is InChI=1S/C12H18N2O2S/c1-13-5-4-10-9-16-7-6-14(10)12(15)11-3-2-8-17-11/h2-3,8,10,13H,4-7,9H2,1H3. The van der Waals surface area contributed by atoms with Gasteiger partial charge in [0.1, 0.15) is 0 Å². The number of nitrogens with one attached hydrogen (secondary N) is 1. The van der Waals surface area contributed by atoms with E-state index in [0.717, 1.165) is 17.8 Å². The largest absolute Gasteiger partial charge is 0.377 e. The second-order valence-electron chi connectivity index (χ2n) is 4.10. The maximum absolute atomic E-state index is 12.3. The van der Waals surface area contributed by atoms with E-state index >= 15 is 0 Å². The summed E-state index contributed by atoms with van der Waals surface area (Å²) >= 11 is 1.50. The van der Waals surface area contributed by atoms with E-state index in [9.17, 15) is 4.79 Å². The highest BCUT2D eigenvalue weighted by molar-refractivity contribution is 7.12. The summed E-state index contributed by atoms with van der Waals surface area (Å²) in [5.41, 5.74) is 0. The second kappa shape index (κ2) is 6.14. The number of carbonyl (C=O) groups is 1. The molecule has 1 unspecified atom stereocenters. The molecule has 1 aliphatic rings. The van der Waals surface area contributed by atoms with Crippen molar-refractivity contribution in [2.45, 2.75) is 12.5 Å². The van der Waals surface area contributed by atoms with Crippen LogP contribution in [0.3, 0.4) is 0 Å². The quantitative estimate of drug-likeness (QED) is 0.878. The van der Waals surface area contributed by atoms with Crippen molar-refractivity contribution in [3.05, 3.63) is 22.4 Å². The first-order valence-electron chi connectivity index (χ1n) is 5.89. The molecule has 0 radical (unpaired) electrons. The molecule has 1 aromatic heterocycles. The zero-order chi connectivity index (χ0) is 12.1. The first-order valence-corrected chi connectivity index (χ1v) is 6.77. The van der Waals surface area contributed by atoms with Crippen LogP contribution in [-0.4, -0.2) is 50.2 Å². The number of nitrogens with zero attached hydrogens (tertiary/aromatic N) is 1. The highest BCUT2D eigenvalue weighted by atomic mass is 32.1. The van der Waals surface area contributed by atoms with Crippen LogP contribution in [0.5, 0.6) is 0 Å². The van der Waals surface area contributed by atoms with E-state index < -0.39 is 0 Å². The van der Waals surface area contributed by atoms with Gasteiger partial charge in [0.25, 0.3) is 5.91 Å². The van der Waals surface area contributed by atoms with Gasteiger partial charge in [0.05, 0.1) is 24.1 Å². The van der Waals surface area contributed by atoms with Crippen LogP contribution in [0.15, 0.2) is 17.5 Å². The molecular weight excluding hydrogens is 236 g/mol. The van der Waals surface area contributed by atoms with Crippen LogP contribution in [0, 0.1) is 0 Å². The molecule has 0 aliphatic carbocycles. The van der Waals surface area contributed by atoms with Gasteiger partial charge in [0.15, 0.2) is 0 Å². The number of hydrogen-bond donors (Lipinski definition) is 1. The summed E-state index contributed by atoms with van der Waals surface area (Å²) in [6, 6.07) is 4.00. The van der Waals surface area contributed by atoms with Crippen molar-refractivity contribution in [3.8, 4) is 0 Å². The number of carbonyl (C=O) groups excluding carboxylic acids is 1. The maximum Gasteiger partial charge on any atom is 0.264 e. The van der Waals surface area contributed by atoms with Crippen LogP contribution in [0.25, 0.3) is 0 Å². The average molecular weight is 254 g/mol. The van der Waals surface area contributed by atoms with E-state index in [-0.39, 0.29) is 11.9 Å². The van der Waals surface area contributed by atoms with Gasteiger partial charge in [-0.3, -0.25) is 4.79 Å². The molecule has 2 rings (SSSR count). The Balaban J connectivity index is 2.03. The van der Waals surface area contributed by atoms with E-state index in [1.807, 2.05) is 29.5 Å². The number of morpholine rings is 1. The summed E-state index contributed by atoms with van der Waals surface area (Å²) in [7, 11) is 1.93. The highest BCUT2D eigenvalue weighted by Gasteiger charge is 2.27. The van der Waals surface area contributed by atoms with Gasteiger partial charge in [-0.1, -0.05) is 6.07 Å². The molecule has 1 saturated heterocycles. The minimum Gasteiger partial charge on any atom is -0.377 e. The molecular formula is C12H18N2O2S. The number of thiophene rings is 1. The fourth-order valence-corrected chi connectivity index (χ4v) is 2.69. The van der Waals surface area contributed by atoms with Crippen molar-refractivity contribution < 1.29 is 9.53 Å². The number of rotatable bonds is 4. The van der Waals surface area contributed by atoms with Gasteiger partial charge in [0.2, 0.25) is 0 Å². The highest BCUT2D eigenvalue weighted by Crippen LogP contribution is 2.17. The summed E-state index contributed by atoms with van der Waals surface area (Å²) in [5, 5.41) is 5.06. The Morgan fingerprint density at radius 2 is 2.59 bits per heavy atom. The third kappa shape index (κ3) is 3.06. The molecule has 4 nitrogen and oxygen atoms in total. The van der Waals surface area contributed by atoms with Crippen LogP contribution in [0.1, 0.15) is 16.1 Å². The Bertz CT molecular complexity index is 353. The molecule has 17 heavy (non-hydrogen) atoms. The average Bonchev–Trinajstić information content (AvgIpc) is 2.89. The van der Waals surface area contributed by atoms with Gasteiger partial charge < -0.3 is 15.0 Å². The smallest absolute Gasteiger partial charge is 0.264 e. The lowest BCUT2D eigenvalue weighted by Gasteiger charge is -2.35. The third-order valence-corrected chi connectivity index (χ3v) is 3.81. The van der Waals surface area contributed by atoms with Gasteiger partial charge in [-0.05, 0) is 31.5 Å². The zero-order valence-electron chi connectivity index (χ0n) is 10.0. The Kier molecular flexibility index (Phi) is 4.53. The normalized spacial score (nSPS) is 20.5. The SMILES string of the molecule is CNCCC1COCCN1C(=O)c1cccs1. The van der Waals surface area contributed by atoms with Crippen molar-refractivity contribution >= 4 is 17.2 Å². The first kappa shape index (κ1) is 12.5. The van der Waals surface area contributed by atoms with Crippen molar-refractivity contribution in [2.75, 3.05) is 33.4 Å². The second-order valence-corrected chi connectivity index (χ2v) is 5.04. The van der Waals surface area contributed by atoms with Crippen molar-refractivity contribution in [1.82, 2.24) is 10.2 Å². The molecule has 0 aromatic carbocycles. The van der Waals surface area contributed by atoms with Crippen LogP contribution in [0.4, 0.5) is 0 Å². The Morgan fingerprint density at radius 3 is 3.29 bits per heavy atom. The summed E-state index contributed by atoms with van der Waals surface area (Å²) in [6.45, 7) is 2.90. The minimum absolute atomic E-state index is 0.143. The molecule has 5 heteroatoms. The minimum atomic E-state index is 0.143. The molecule has 1 aliphatic heterocycles. The summed E-state index contributed by atoms with van der Waals surface area (Å²) in [6.07, 6.45) is 0.938. The Hall–Kier alpha value is -0.910. The molecule has 94 valence electrons. The van der Waals surface area contributed by atoms with Crippen LogP contribution < -0.4 is 5.32 Å². The van der Waals surface area contributed by atoms with E-state index in [4.69, 9.17) is 4.74 Å². The molecule has 1 N–H and O–H groups in total. The Labute approximate surface area is 106 Å². The fourth-order valence-electron chi connectivity index (χ4n) is 2.01. The molecule has 0 spiro atoms. The van der Waals surface area contributed by atoms with Crippen LogP contribution in [-0.2, 0) is 4.74 Å². The van der Waals surface area contributed by atoms with Crippen LogP contribution >= 0.6 is 11.3 Å². The van der Waals surface area contributed by atoms with Crippen molar-refractivity contribution in [3.63, 3.8) is 0 Å². The lowest BCUT2D eigenvalue weighted by Crippen LogP contribution is -2.49. The number of hydrogen-bond acceptors (Lipinski definition) is 4. The predicted molar refractivity (Wildman–Crippen MR) is 68.5 cm³/mol. The number of ether oxygens (including phenoxy) is 1. The lowest BCUT2D eigenvalue weighted by atomic mass is 10.1. The predicted octanol–water partition coefficient (Wildman–Crippen LogP) is 1.20. The van der Waals surface area contributed by atoms with Gasteiger partial charge >= 0.3 is 0 Å². The molecule has 0 saturated carbocycles. The fraction of sp³-hybridized carbons (Fsp3) is 0.583. The molecule has 2 heterocycles. The first-order chi connectivity index (χ1) is 8.33. The molecule has 1 aromatic rings. The Morgan fingerprint density at radius 1 is 1.71 bits per heavy atom. The summed E-state index contributed by atoms with van der Waals surface area (Å²) in [4.78, 5) is 15.1. The van der Waals surface area contributed by atoms with E-state index in [1.165, 1.54) is 11.3 Å². The molecule has 1 fully saturated rings. The third-order valence-electron chi connectivity index (χ3n) is 2.95. The van der Waals surface area contributed by atoms with E-state index in [2.05, 4.69) is 5.32 Å². The van der Waals surface area contributed by atoms with Gasteiger partial charge in [-0.25, -0.2) is 0 Å². The summed E-state index contributed by atoms with van der Waals surface area (Å²) in [5.74, 6) is 0.143. The molecule has 1 amide bonds. The molecule has 1 atom stereocenters. The van der Waals surface area contributed by atoms with Gasteiger partial charge in [-0.2, -0.15) is 0 Å². The van der Waals surface area contributed by atoms with Crippen molar-refractivity contribution in [1.29, 1.82) is 0 Å². The lowest BCUT2D eigenvalue weighted by molar-refractivity contribution is -0.00363. The van der Waals surface area contributed by atoms with Crippen LogP contribution in [0.2, 0.25) is 0 Å². The van der Waals surface area contributed by atoms with Gasteiger partial charge in [-0.15, -0.1) is 11.3 Å². The zero-order valence-corrected chi connectivity index (χ0v) is 10.8. The summed E-state index contributed by atoms with van der Waals surface area (Å²) < 4.78 is 5.46. The van der Waals surface area contributed by atoms with Crippen molar-refractivity contribution in [2.24, 2.45) is 0 Å². The number of amides is 1.